The molecular weight excluding hydrogens is 392 g/mol. The number of rotatable bonds is 5. The predicted octanol–water partition coefficient (Wildman–Crippen LogP) is 3.48. The summed E-state index contributed by atoms with van der Waals surface area (Å²) in [6.45, 7) is 0. The molecule has 7 heteroatoms. The average Bonchev–Trinajstić information content (AvgIpc) is 3.39. The molecule has 0 atom stereocenters. The first-order valence-electron chi connectivity index (χ1n) is 7.53. The van der Waals surface area contributed by atoms with Gasteiger partial charge in [0.25, 0.3) is 5.91 Å². The number of hydrogen-bond donors (Lipinski definition) is 1. The molecule has 3 rings (SSSR count). The average molecular weight is 409 g/mol. The lowest BCUT2D eigenvalue weighted by atomic mass is 10.2. The highest BCUT2D eigenvalue weighted by Gasteiger charge is 2.34. The van der Waals surface area contributed by atoms with E-state index in [-0.39, 0.29) is 16.8 Å². The van der Waals surface area contributed by atoms with Crippen LogP contribution in [-0.4, -0.2) is 31.7 Å². The molecule has 2 aromatic carbocycles. The maximum absolute atomic E-state index is 12.4. The summed E-state index contributed by atoms with van der Waals surface area (Å²) in [5, 5.41) is 2.78. The topological polar surface area (TPSA) is 66.5 Å². The molecule has 24 heavy (non-hydrogen) atoms. The zero-order valence-corrected chi connectivity index (χ0v) is 15.5. The number of nitrogens with one attached hydrogen (secondary N) is 1. The normalized spacial score (nSPS) is 14.6. The van der Waals surface area contributed by atoms with Gasteiger partial charge >= 0.3 is 0 Å². The summed E-state index contributed by atoms with van der Waals surface area (Å²) in [6, 6.07) is 13.4. The van der Waals surface area contributed by atoms with E-state index < -0.39 is 10.0 Å². The van der Waals surface area contributed by atoms with Crippen molar-refractivity contribution < 1.29 is 13.2 Å². The van der Waals surface area contributed by atoms with Gasteiger partial charge in [-0.1, -0.05) is 22.0 Å². The summed E-state index contributed by atoms with van der Waals surface area (Å²) in [7, 11) is -1.89. The van der Waals surface area contributed by atoms with Crippen LogP contribution in [-0.2, 0) is 10.0 Å². The van der Waals surface area contributed by atoms with Gasteiger partial charge < -0.3 is 5.32 Å². The molecule has 1 aliphatic rings. The minimum absolute atomic E-state index is 0.106. The van der Waals surface area contributed by atoms with Gasteiger partial charge in [-0.15, -0.1) is 0 Å². The minimum atomic E-state index is -3.49. The van der Waals surface area contributed by atoms with Crippen molar-refractivity contribution in [3.8, 4) is 0 Å². The minimum Gasteiger partial charge on any atom is -0.322 e. The number of benzene rings is 2. The molecule has 126 valence electrons. The maximum Gasteiger partial charge on any atom is 0.255 e. The van der Waals surface area contributed by atoms with Crippen LogP contribution in [0.4, 0.5) is 5.69 Å². The van der Waals surface area contributed by atoms with Crippen LogP contribution < -0.4 is 5.32 Å². The number of halogens is 1. The summed E-state index contributed by atoms with van der Waals surface area (Å²) >= 11 is 3.35. The molecule has 1 amide bonds. The van der Waals surface area contributed by atoms with Gasteiger partial charge in [-0.3, -0.25) is 4.79 Å². The molecule has 2 aromatic rings. The first-order chi connectivity index (χ1) is 11.4. The van der Waals surface area contributed by atoms with Gasteiger partial charge in [-0.2, -0.15) is 4.31 Å². The quantitative estimate of drug-likeness (QED) is 0.822. The maximum atomic E-state index is 12.4. The van der Waals surface area contributed by atoms with Crippen molar-refractivity contribution in [2.75, 3.05) is 12.4 Å². The van der Waals surface area contributed by atoms with Crippen molar-refractivity contribution in [1.29, 1.82) is 0 Å². The molecule has 1 N–H and O–H groups in total. The van der Waals surface area contributed by atoms with Crippen molar-refractivity contribution in [2.24, 2.45) is 0 Å². The van der Waals surface area contributed by atoms with E-state index >= 15 is 0 Å². The molecule has 0 radical (unpaired) electrons. The number of amides is 1. The number of hydrogen-bond acceptors (Lipinski definition) is 3. The smallest absolute Gasteiger partial charge is 0.255 e. The third-order valence-corrected chi connectivity index (χ3v) is 6.35. The van der Waals surface area contributed by atoms with E-state index in [1.807, 2.05) is 12.1 Å². The fourth-order valence-electron chi connectivity index (χ4n) is 2.35. The second-order valence-corrected chi connectivity index (χ2v) is 8.65. The van der Waals surface area contributed by atoms with Crippen molar-refractivity contribution in [2.45, 2.75) is 23.8 Å². The fourth-order valence-corrected chi connectivity index (χ4v) is 4.16. The molecular formula is C17H17BrN2O3S. The van der Waals surface area contributed by atoms with Gasteiger partial charge in [-0.25, -0.2) is 8.42 Å². The van der Waals surface area contributed by atoms with E-state index in [1.54, 1.807) is 19.2 Å². The van der Waals surface area contributed by atoms with Crippen LogP contribution in [0.2, 0.25) is 0 Å². The van der Waals surface area contributed by atoms with Gasteiger partial charge in [0, 0.05) is 28.8 Å². The number of carbonyl (C=O) groups is 1. The van der Waals surface area contributed by atoms with Crippen molar-refractivity contribution in [3.05, 3.63) is 58.6 Å². The molecule has 0 bridgehead atoms. The number of sulfonamides is 1. The van der Waals surface area contributed by atoms with Crippen molar-refractivity contribution in [1.82, 2.24) is 4.31 Å². The van der Waals surface area contributed by atoms with Crippen LogP contribution in [0, 0.1) is 0 Å². The monoisotopic (exact) mass is 408 g/mol. The third-order valence-electron chi connectivity index (χ3n) is 3.94. The highest BCUT2D eigenvalue weighted by atomic mass is 79.9. The Balaban J connectivity index is 1.75. The van der Waals surface area contributed by atoms with Crippen LogP contribution in [0.5, 0.6) is 0 Å². The Bertz CT molecular complexity index is 862. The Morgan fingerprint density at radius 2 is 1.83 bits per heavy atom. The highest BCUT2D eigenvalue weighted by Crippen LogP contribution is 2.30. The first kappa shape index (κ1) is 17.1. The lowest BCUT2D eigenvalue weighted by Gasteiger charge is -2.16. The molecule has 0 saturated heterocycles. The lowest BCUT2D eigenvalue weighted by Crippen LogP contribution is -2.29. The second-order valence-electron chi connectivity index (χ2n) is 5.74. The third kappa shape index (κ3) is 3.68. The first-order valence-corrected chi connectivity index (χ1v) is 9.76. The zero-order chi connectivity index (χ0) is 17.3. The number of carbonyl (C=O) groups excluding carboxylic acids is 1. The Kier molecular flexibility index (Phi) is 4.76. The molecule has 1 fully saturated rings. The molecule has 1 aliphatic carbocycles. The second kappa shape index (κ2) is 6.66. The van der Waals surface area contributed by atoms with Crippen LogP contribution in [0.25, 0.3) is 0 Å². The zero-order valence-electron chi connectivity index (χ0n) is 13.1. The van der Waals surface area contributed by atoms with Crippen LogP contribution in [0.1, 0.15) is 23.2 Å². The number of anilines is 1. The van der Waals surface area contributed by atoms with Crippen molar-refractivity contribution in [3.63, 3.8) is 0 Å². The highest BCUT2D eigenvalue weighted by molar-refractivity contribution is 9.10. The van der Waals surface area contributed by atoms with E-state index in [0.717, 1.165) is 17.3 Å². The predicted molar refractivity (Wildman–Crippen MR) is 96.5 cm³/mol. The summed E-state index contributed by atoms with van der Waals surface area (Å²) in [5.41, 5.74) is 1.07. The van der Waals surface area contributed by atoms with Gasteiger partial charge in [0.05, 0.1) is 4.90 Å². The van der Waals surface area contributed by atoms with Gasteiger partial charge in [0.15, 0.2) is 0 Å². The van der Waals surface area contributed by atoms with Gasteiger partial charge in [0.2, 0.25) is 10.0 Å². The SMILES string of the molecule is CN(C1CC1)S(=O)(=O)c1ccc(C(=O)Nc2cccc(Br)c2)cc1. The lowest BCUT2D eigenvalue weighted by molar-refractivity contribution is 0.102. The Hall–Kier alpha value is -1.70. The van der Waals surface area contributed by atoms with Crippen LogP contribution in [0.3, 0.4) is 0 Å². The fraction of sp³-hybridized carbons (Fsp3) is 0.235. The Morgan fingerprint density at radius 3 is 2.42 bits per heavy atom. The molecule has 0 heterocycles. The van der Waals surface area contributed by atoms with E-state index in [2.05, 4.69) is 21.2 Å². The molecule has 0 aromatic heterocycles. The number of nitrogens with zero attached hydrogens (tertiary/aromatic N) is 1. The molecule has 0 spiro atoms. The largest absolute Gasteiger partial charge is 0.322 e. The van der Waals surface area contributed by atoms with E-state index in [1.165, 1.54) is 28.6 Å². The molecule has 5 nitrogen and oxygen atoms in total. The molecule has 0 aliphatic heterocycles. The van der Waals surface area contributed by atoms with Gasteiger partial charge in [-0.05, 0) is 55.3 Å². The summed E-state index contributed by atoms with van der Waals surface area (Å²) in [4.78, 5) is 12.5. The van der Waals surface area contributed by atoms with Crippen molar-refractivity contribution >= 4 is 37.5 Å². The van der Waals surface area contributed by atoms with Gasteiger partial charge in [0.1, 0.15) is 0 Å². The molecule has 0 unspecified atom stereocenters. The Labute approximate surface area is 149 Å². The van der Waals surface area contributed by atoms with Crippen LogP contribution >= 0.6 is 15.9 Å². The van der Waals surface area contributed by atoms with E-state index in [0.29, 0.717) is 11.3 Å². The van der Waals surface area contributed by atoms with E-state index in [4.69, 9.17) is 0 Å². The summed E-state index contributed by atoms with van der Waals surface area (Å²) in [5.74, 6) is -0.285. The van der Waals surface area contributed by atoms with Crippen LogP contribution in [0.15, 0.2) is 57.9 Å². The standard InChI is InChI=1S/C17H17BrN2O3S/c1-20(15-7-8-15)24(22,23)16-9-5-12(6-10-16)17(21)19-14-4-2-3-13(18)11-14/h2-6,9-11,15H,7-8H2,1H3,(H,19,21). The summed E-state index contributed by atoms with van der Waals surface area (Å²) < 4.78 is 27.2. The van der Waals surface area contributed by atoms with E-state index in [9.17, 15) is 13.2 Å². The molecule has 1 saturated carbocycles. The Morgan fingerprint density at radius 1 is 1.17 bits per heavy atom. The summed E-state index contributed by atoms with van der Waals surface area (Å²) in [6.07, 6.45) is 1.81.